The molecule has 0 aliphatic carbocycles. The van der Waals surface area contributed by atoms with Crippen LogP contribution in [0.3, 0.4) is 0 Å². The zero-order valence-electron chi connectivity index (χ0n) is 11.0. The molecule has 0 spiro atoms. The van der Waals surface area contributed by atoms with E-state index in [2.05, 4.69) is 43.4 Å². The van der Waals surface area contributed by atoms with Gasteiger partial charge in [-0.15, -0.1) is 0 Å². The fourth-order valence-electron chi connectivity index (χ4n) is 2.13. The van der Waals surface area contributed by atoms with Crippen molar-refractivity contribution >= 4 is 17.3 Å². The third kappa shape index (κ3) is 3.27. The van der Waals surface area contributed by atoms with Gasteiger partial charge in [0, 0.05) is 6.54 Å². The van der Waals surface area contributed by atoms with Crippen LogP contribution >= 0.6 is 11.6 Å². The summed E-state index contributed by atoms with van der Waals surface area (Å²) in [5.41, 5.74) is 6.03. The normalized spacial score (nSPS) is 10.4. The summed E-state index contributed by atoms with van der Waals surface area (Å²) in [4.78, 5) is 0. The molecule has 0 saturated heterocycles. The molecule has 2 rings (SSSR count). The van der Waals surface area contributed by atoms with Gasteiger partial charge in [-0.1, -0.05) is 47.0 Å². The predicted octanol–water partition coefficient (Wildman–Crippen LogP) is 4.88. The Bertz CT molecular complexity index is 541. The van der Waals surface area contributed by atoms with Crippen LogP contribution in [0.1, 0.15) is 22.3 Å². The van der Waals surface area contributed by atoms with Crippen molar-refractivity contribution in [1.82, 2.24) is 0 Å². The van der Waals surface area contributed by atoms with E-state index < -0.39 is 0 Å². The Hall–Kier alpha value is -1.47. The number of hydrogen-bond acceptors (Lipinski definition) is 1. The summed E-state index contributed by atoms with van der Waals surface area (Å²) in [6.45, 7) is 7.08. The van der Waals surface area contributed by atoms with E-state index in [-0.39, 0.29) is 0 Å². The van der Waals surface area contributed by atoms with Crippen molar-refractivity contribution in [1.29, 1.82) is 0 Å². The molecular formula is C16H18ClN. The van der Waals surface area contributed by atoms with Gasteiger partial charge in [-0.2, -0.15) is 0 Å². The van der Waals surface area contributed by atoms with E-state index in [0.29, 0.717) is 0 Å². The number of halogens is 1. The van der Waals surface area contributed by atoms with Gasteiger partial charge in [0.2, 0.25) is 0 Å². The second-order valence-electron chi connectivity index (χ2n) is 4.83. The van der Waals surface area contributed by atoms with Crippen molar-refractivity contribution in [2.75, 3.05) is 5.32 Å². The Morgan fingerprint density at radius 2 is 1.56 bits per heavy atom. The molecule has 0 aliphatic heterocycles. The van der Waals surface area contributed by atoms with Crippen molar-refractivity contribution in [2.45, 2.75) is 27.3 Å². The zero-order valence-corrected chi connectivity index (χ0v) is 11.8. The van der Waals surface area contributed by atoms with Gasteiger partial charge in [-0.3, -0.25) is 0 Å². The van der Waals surface area contributed by atoms with Crippen molar-refractivity contribution in [3.8, 4) is 0 Å². The fourth-order valence-corrected chi connectivity index (χ4v) is 2.43. The fraction of sp³-hybridized carbons (Fsp3) is 0.250. The molecule has 0 heterocycles. The summed E-state index contributed by atoms with van der Waals surface area (Å²) in [6.07, 6.45) is 0. The Morgan fingerprint density at radius 1 is 0.889 bits per heavy atom. The summed E-state index contributed by atoms with van der Waals surface area (Å²) in [5.74, 6) is 0. The first-order valence-corrected chi connectivity index (χ1v) is 6.49. The topological polar surface area (TPSA) is 12.0 Å². The average molecular weight is 260 g/mol. The van der Waals surface area contributed by atoms with Gasteiger partial charge in [0.25, 0.3) is 0 Å². The highest BCUT2D eigenvalue weighted by Gasteiger charge is 2.01. The summed E-state index contributed by atoms with van der Waals surface area (Å²) in [7, 11) is 0. The minimum atomic E-state index is 0.777. The smallest absolute Gasteiger partial charge is 0.0640 e. The van der Waals surface area contributed by atoms with E-state index in [1.165, 1.54) is 22.3 Å². The Balaban J connectivity index is 2.11. The number of benzene rings is 2. The van der Waals surface area contributed by atoms with Crippen molar-refractivity contribution in [3.63, 3.8) is 0 Å². The van der Waals surface area contributed by atoms with Gasteiger partial charge in [-0.05, 0) is 44.0 Å². The molecule has 0 unspecified atom stereocenters. The SMILES string of the molecule is Cc1cc(C)cc(CNc2ccc(C)cc2Cl)c1. The van der Waals surface area contributed by atoms with Crippen LogP contribution in [0, 0.1) is 20.8 Å². The molecular weight excluding hydrogens is 242 g/mol. The minimum absolute atomic E-state index is 0.777. The first-order valence-electron chi connectivity index (χ1n) is 6.12. The van der Waals surface area contributed by atoms with E-state index in [0.717, 1.165) is 17.3 Å². The minimum Gasteiger partial charge on any atom is -0.380 e. The van der Waals surface area contributed by atoms with Gasteiger partial charge >= 0.3 is 0 Å². The van der Waals surface area contributed by atoms with Gasteiger partial charge < -0.3 is 5.32 Å². The van der Waals surface area contributed by atoms with Crippen LogP contribution in [0.4, 0.5) is 5.69 Å². The van der Waals surface area contributed by atoms with Crippen LogP contribution in [0.5, 0.6) is 0 Å². The second-order valence-corrected chi connectivity index (χ2v) is 5.24. The maximum atomic E-state index is 6.20. The summed E-state index contributed by atoms with van der Waals surface area (Å²) in [5, 5.41) is 4.16. The maximum Gasteiger partial charge on any atom is 0.0640 e. The van der Waals surface area contributed by atoms with Crippen LogP contribution in [0.25, 0.3) is 0 Å². The highest BCUT2D eigenvalue weighted by molar-refractivity contribution is 6.33. The molecule has 2 heteroatoms. The summed E-state index contributed by atoms with van der Waals surface area (Å²) >= 11 is 6.20. The highest BCUT2D eigenvalue weighted by Crippen LogP contribution is 2.23. The molecule has 0 radical (unpaired) electrons. The largest absolute Gasteiger partial charge is 0.380 e. The molecule has 2 aromatic rings. The van der Waals surface area contributed by atoms with Gasteiger partial charge in [0.15, 0.2) is 0 Å². The molecule has 0 aromatic heterocycles. The van der Waals surface area contributed by atoms with E-state index in [1.54, 1.807) is 0 Å². The summed E-state index contributed by atoms with van der Waals surface area (Å²) < 4.78 is 0. The monoisotopic (exact) mass is 259 g/mol. The Kier molecular flexibility index (Phi) is 3.93. The Morgan fingerprint density at radius 3 is 2.17 bits per heavy atom. The number of hydrogen-bond donors (Lipinski definition) is 1. The van der Waals surface area contributed by atoms with Crippen LogP contribution in [0.2, 0.25) is 5.02 Å². The van der Waals surface area contributed by atoms with E-state index in [1.807, 2.05) is 19.1 Å². The summed E-state index contributed by atoms with van der Waals surface area (Å²) in [6, 6.07) is 12.6. The van der Waals surface area contributed by atoms with Gasteiger partial charge in [-0.25, -0.2) is 0 Å². The molecule has 0 amide bonds. The molecule has 0 bridgehead atoms. The highest BCUT2D eigenvalue weighted by atomic mass is 35.5. The lowest BCUT2D eigenvalue weighted by Gasteiger charge is -2.10. The molecule has 0 fully saturated rings. The number of aryl methyl sites for hydroxylation is 3. The first kappa shape index (κ1) is 13.0. The second kappa shape index (κ2) is 5.45. The van der Waals surface area contributed by atoms with Crippen LogP contribution in [0.15, 0.2) is 36.4 Å². The number of rotatable bonds is 3. The molecule has 94 valence electrons. The van der Waals surface area contributed by atoms with Crippen molar-refractivity contribution < 1.29 is 0 Å². The van der Waals surface area contributed by atoms with E-state index in [4.69, 9.17) is 11.6 Å². The first-order chi connectivity index (χ1) is 8.54. The molecule has 0 saturated carbocycles. The van der Waals surface area contributed by atoms with Crippen molar-refractivity contribution in [2.24, 2.45) is 0 Å². The predicted molar refractivity (Wildman–Crippen MR) is 79.4 cm³/mol. The quantitative estimate of drug-likeness (QED) is 0.829. The van der Waals surface area contributed by atoms with Crippen LogP contribution < -0.4 is 5.32 Å². The lowest BCUT2D eigenvalue weighted by Crippen LogP contribution is -2.00. The molecule has 1 N–H and O–H groups in total. The molecule has 0 atom stereocenters. The average Bonchev–Trinajstić information content (AvgIpc) is 2.26. The lowest BCUT2D eigenvalue weighted by atomic mass is 10.1. The molecule has 0 aliphatic rings. The molecule has 18 heavy (non-hydrogen) atoms. The number of anilines is 1. The van der Waals surface area contributed by atoms with Gasteiger partial charge in [0.05, 0.1) is 10.7 Å². The Labute approximate surface area is 114 Å². The number of nitrogens with one attached hydrogen (secondary N) is 1. The lowest BCUT2D eigenvalue weighted by molar-refractivity contribution is 1.13. The third-order valence-corrected chi connectivity index (χ3v) is 3.20. The zero-order chi connectivity index (χ0) is 13.1. The third-order valence-electron chi connectivity index (χ3n) is 2.89. The standard InChI is InChI=1S/C16H18ClN/c1-11-4-5-16(15(17)9-11)18-10-14-7-12(2)6-13(3)8-14/h4-9,18H,10H2,1-3H3. The van der Waals surface area contributed by atoms with E-state index >= 15 is 0 Å². The van der Waals surface area contributed by atoms with Gasteiger partial charge in [0.1, 0.15) is 0 Å². The van der Waals surface area contributed by atoms with Crippen LogP contribution in [-0.2, 0) is 6.54 Å². The van der Waals surface area contributed by atoms with Crippen LogP contribution in [-0.4, -0.2) is 0 Å². The maximum absolute atomic E-state index is 6.20. The van der Waals surface area contributed by atoms with E-state index in [9.17, 15) is 0 Å². The molecule has 1 nitrogen and oxygen atoms in total. The van der Waals surface area contributed by atoms with Crippen molar-refractivity contribution in [3.05, 3.63) is 63.7 Å². The molecule has 2 aromatic carbocycles.